The zero-order chi connectivity index (χ0) is 11.5. The van der Waals surface area contributed by atoms with Crippen molar-refractivity contribution < 1.29 is 5.11 Å². The summed E-state index contributed by atoms with van der Waals surface area (Å²) in [5.41, 5.74) is 2.00. The highest BCUT2D eigenvalue weighted by molar-refractivity contribution is 6.36. The van der Waals surface area contributed by atoms with Crippen LogP contribution in [0.3, 0.4) is 0 Å². The normalized spacial score (nSPS) is 13.2. The van der Waals surface area contributed by atoms with Crippen LogP contribution in [0.25, 0.3) is 10.9 Å². The number of benzene rings is 1. The van der Waals surface area contributed by atoms with Crippen LogP contribution in [0.2, 0.25) is 5.02 Å². The molecule has 3 nitrogen and oxygen atoms in total. The van der Waals surface area contributed by atoms with E-state index in [1.165, 1.54) is 0 Å². The lowest BCUT2D eigenvalue weighted by atomic mass is 10.2. The van der Waals surface area contributed by atoms with Crippen LogP contribution in [-0.4, -0.2) is 22.7 Å². The molecule has 0 saturated heterocycles. The van der Waals surface area contributed by atoms with Crippen molar-refractivity contribution >= 4 is 22.5 Å². The second-order valence-electron chi connectivity index (χ2n) is 3.94. The van der Waals surface area contributed by atoms with Crippen LogP contribution in [0, 0.1) is 0 Å². The summed E-state index contributed by atoms with van der Waals surface area (Å²) >= 11 is 6.24. The number of aliphatic hydroxyl groups excluding tert-OH is 1. The van der Waals surface area contributed by atoms with E-state index in [4.69, 9.17) is 16.7 Å². The van der Waals surface area contributed by atoms with Gasteiger partial charge in [-0.25, -0.2) is 0 Å². The van der Waals surface area contributed by atoms with Crippen LogP contribution in [0.1, 0.15) is 12.6 Å². The van der Waals surface area contributed by atoms with Gasteiger partial charge in [0.25, 0.3) is 0 Å². The molecule has 0 spiro atoms. The smallest absolute Gasteiger partial charge is 0.0705 e. The Bertz CT molecular complexity index is 479. The largest absolute Gasteiger partial charge is 0.392 e. The summed E-state index contributed by atoms with van der Waals surface area (Å²) in [5, 5.41) is 14.1. The highest BCUT2D eigenvalue weighted by Crippen LogP contribution is 2.26. The molecule has 1 aromatic heterocycles. The van der Waals surface area contributed by atoms with Crippen LogP contribution >= 0.6 is 11.6 Å². The molecule has 0 amide bonds. The van der Waals surface area contributed by atoms with Crippen LogP contribution in [-0.2, 0) is 6.54 Å². The fraction of sp³-hybridized carbons (Fsp3) is 0.333. The first kappa shape index (κ1) is 11.5. The number of aromatic amines is 1. The lowest BCUT2D eigenvalue weighted by Gasteiger charge is -2.05. The molecule has 16 heavy (non-hydrogen) atoms. The Balaban J connectivity index is 2.15. The van der Waals surface area contributed by atoms with Gasteiger partial charge in [-0.05, 0) is 13.0 Å². The number of H-pyrrole nitrogens is 1. The molecule has 2 rings (SSSR count). The van der Waals surface area contributed by atoms with Gasteiger partial charge in [0.05, 0.1) is 11.1 Å². The number of rotatable bonds is 4. The minimum Gasteiger partial charge on any atom is -0.392 e. The van der Waals surface area contributed by atoms with E-state index in [-0.39, 0.29) is 6.10 Å². The van der Waals surface area contributed by atoms with Gasteiger partial charge in [-0.3, -0.25) is 0 Å². The number of aliphatic hydroxyl groups is 1. The van der Waals surface area contributed by atoms with E-state index in [0.717, 1.165) is 21.6 Å². The summed E-state index contributed by atoms with van der Waals surface area (Å²) in [6, 6.07) is 7.93. The summed E-state index contributed by atoms with van der Waals surface area (Å²) in [6.07, 6.45) is -0.344. The van der Waals surface area contributed by atoms with E-state index in [2.05, 4.69) is 10.3 Å². The Hall–Kier alpha value is -1.03. The third-order valence-corrected chi connectivity index (χ3v) is 2.89. The number of para-hydroxylation sites is 1. The third-order valence-electron chi connectivity index (χ3n) is 2.46. The topological polar surface area (TPSA) is 48.0 Å². The summed E-state index contributed by atoms with van der Waals surface area (Å²) in [7, 11) is 0. The summed E-state index contributed by atoms with van der Waals surface area (Å²) in [4.78, 5) is 3.26. The standard InChI is InChI=1S/C12H15ClN2O/c1-8(16)6-14-7-11-12(13)9-4-2-3-5-10(9)15-11/h2-5,8,14-16H,6-7H2,1H3. The summed E-state index contributed by atoms with van der Waals surface area (Å²) < 4.78 is 0. The molecule has 1 heterocycles. The van der Waals surface area contributed by atoms with Crippen molar-refractivity contribution in [2.45, 2.75) is 19.6 Å². The molecule has 2 aromatic rings. The first-order chi connectivity index (χ1) is 7.68. The van der Waals surface area contributed by atoms with E-state index >= 15 is 0 Å². The average Bonchev–Trinajstić information content (AvgIpc) is 2.56. The maximum Gasteiger partial charge on any atom is 0.0705 e. The second kappa shape index (κ2) is 4.87. The zero-order valence-corrected chi connectivity index (χ0v) is 9.88. The SMILES string of the molecule is CC(O)CNCc1[nH]c2ccccc2c1Cl. The number of halogens is 1. The Morgan fingerprint density at radius 3 is 2.88 bits per heavy atom. The fourth-order valence-corrected chi connectivity index (χ4v) is 1.97. The van der Waals surface area contributed by atoms with Gasteiger partial charge in [0.2, 0.25) is 0 Å². The van der Waals surface area contributed by atoms with Crippen molar-refractivity contribution in [2.75, 3.05) is 6.54 Å². The van der Waals surface area contributed by atoms with Gasteiger partial charge in [0, 0.05) is 29.7 Å². The van der Waals surface area contributed by atoms with Gasteiger partial charge in [-0.2, -0.15) is 0 Å². The minimum absolute atomic E-state index is 0.344. The average molecular weight is 239 g/mol. The minimum atomic E-state index is -0.344. The molecule has 0 fully saturated rings. The first-order valence-electron chi connectivity index (χ1n) is 5.32. The summed E-state index contributed by atoms with van der Waals surface area (Å²) in [6.45, 7) is 2.95. The third kappa shape index (κ3) is 2.38. The quantitative estimate of drug-likeness (QED) is 0.766. The monoisotopic (exact) mass is 238 g/mol. The molecule has 1 unspecified atom stereocenters. The highest BCUT2D eigenvalue weighted by atomic mass is 35.5. The molecule has 0 radical (unpaired) electrons. The van der Waals surface area contributed by atoms with Gasteiger partial charge >= 0.3 is 0 Å². The van der Waals surface area contributed by atoms with Crippen LogP contribution in [0.5, 0.6) is 0 Å². The van der Waals surface area contributed by atoms with Gasteiger partial charge in [-0.15, -0.1) is 0 Å². The molecule has 0 saturated carbocycles. The zero-order valence-electron chi connectivity index (χ0n) is 9.13. The number of aromatic nitrogens is 1. The molecule has 1 aromatic carbocycles. The molecule has 0 aliphatic rings. The Labute approximate surface area is 99.4 Å². The van der Waals surface area contributed by atoms with Crippen molar-refractivity contribution in [3.05, 3.63) is 35.0 Å². The lowest BCUT2D eigenvalue weighted by molar-refractivity contribution is 0.191. The fourth-order valence-electron chi connectivity index (χ4n) is 1.69. The van der Waals surface area contributed by atoms with Crippen molar-refractivity contribution in [3.63, 3.8) is 0 Å². The van der Waals surface area contributed by atoms with Gasteiger partial charge in [-0.1, -0.05) is 29.8 Å². The summed E-state index contributed by atoms with van der Waals surface area (Å²) in [5.74, 6) is 0. The van der Waals surface area contributed by atoms with Crippen LogP contribution in [0.4, 0.5) is 0 Å². The molecular weight excluding hydrogens is 224 g/mol. The lowest BCUT2D eigenvalue weighted by Crippen LogP contribution is -2.24. The maximum atomic E-state index is 9.13. The number of hydrogen-bond acceptors (Lipinski definition) is 2. The Kier molecular flexibility index (Phi) is 3.49. The molecule has 3 N–H and O–H groups in total. The van der Waals surface area contributed by atoms with Crippen molar-refractivity contribution in [2.24, 2.45) is 0 Å². The molecule has 86 valence electrons. The molecule has 4 heteroatoms. The van der Waals surface area contributed by atoms with Crippen LogP contribution in [0.15, 0.2) is 24.3 Å². The predicted molar refractivity (Wildman–Crippen MR) is 66.7 cm³/mol. The van der Waals surface area contributed by atoms with Gasteiger partial charge in [0.15, 0.2) is 0 Å². The number of fused-ring (bicyclic) bond motifs is 1. The predicted octanol–water partition coefficient (Wildman–Crippen LogP) is 2.29. The first-order valence-corrected chi connectivity index (χ1v) is 5.70. The van der Waals surface area contributed by atoms with E-state index in [1.807, 2.05) is 24.3 Å². The molecular formula is C12H15ClN2O. The molecule has 0 bridgehead atoms. The van der Waals surface area contributed by atoms with E-state index in [0.29, 0.717) is 13.1 Å². The van der Waals surface area contributed by atoms with Gasteiger partial charge < -0.3 is 15.4 Å². The van der Waals surface area contributed by atoms with E-state index in [9.17, 15) is 0 Å². The van der Waals surface area contributed by atoms with Crippen molar-refractivity contribution in [1.82, 2.24) is 10.3 Å². The van der Waals surface area contributed by atoms with Crippen LogP contribution < -0.4 is 5.32 Å². The molecule has 1 atom stereocenters. The number of hydrogen-bond donors (Lipinski definition) is 3. The molecule has 0 aliphatic carbocycles. The van der Waals surface area contributed by atoms with Crippen molar-refractivity contribution in [3.8, 4) is 0 Å². The van der Waals surface area contributed by atoms with E-state index < -0.39 is 0 Å². The maximum absolute atomic E-state index is 9.13. The van der Waals surface area contributed by atoms with E-state index in [1.54, 1.807) is 6.92 Å². The Morgan fingerprint density at radius 2 is 2.19 bits per heavy atom. The Morgan fingerprint density at radius 1 is 1.44 bits per heavy atom. The second-order valence-corrected chi connectivity index (χ2v) is 4.32. The molecule has 0 aliphatic heterocycles. The number of nitrogens with one attached hydrogen (secondary N) is 2. The highest BCUT2D eigenvalue weighted by Gasteiger charge is 2.08. The van der Waals surface area contributed by atoms with Crippen molar-refractivity contribution in [1.29, 1.82) is 0 Å². The van der Waals surface area contributed by atoms with Gasteiger partial charge in [0.1, 0.15) is 0 Å².